The highest BCUT2D eigenvalue weighted by atomic mass is 19.2. The van der Waals surface area contributed by atoms with Gasteiger partial charge in [-0.25, -0.2) is 8.78 Å². The lowest BCUT2D eigenvalue weighted by Crippen LogP contribution is -2.49. The van der Waals surface area contributed by atoms with Crippen molar-refractivity contribution in [2.45, 2.75) is 31.4 Å². The van der Waals surface area contributed by atoms with Crippen LogP contribution in [0.4, 0.5) is 23.4 Å². The smallest absolute Gasteiger partial charge is 0.223 e. The van der Waals surface area contributed by atoms with Crippen molar-refractivity contribution in [2.24, 2.45) is 5.92 Å². The first-order valence-electron chi connectivity index (χ1n) is 11.3. The highest BCUT2D eigenvalue weighted by Crippen LogP contribution is 2.30. The van der Waals surface area contributed by atoms with E-state index in [4.69, 9.17) is 9.26 Å². The molecule has 0 saturated carbocycles. The van der Waals surface area contributed by atoms with Gasteiger partial charge in [0.15, 0.2) is 28.8 Å². The average molecular weight is 509 g/mol. The summed E-state index contributed by atoms with van der Waals surface area (Å²) in [5, 5.41) is 17.9. The van der Waals surface area contributed by atoms with Crippen LogP contribution in [0, 0.1) is 29.2 Å². The molecule has 0 bridgehead atoms. The first-order valence-corrected chi connectivity index (χ1v) is 11.3. The molecule has 2 atom stereocenters. The number of carbonyl (C=O) groups excluding carboxylic acids is 2. The first-order chi connectivity index (χ1) is 17.3. The predicted octanol–water partition coefficient (Wildman–Crippen LogP) is 3.11. The number of carbonyl (C=O) groups is 2. The van der Waals surface area contributed by atoms with Gasteiger partial charge in [0.25, 0.3) is 0 Å². The van der Waals surface area contributed by atoms with Crippen LogP contribution in [0.2, 0.25) is 0 Å². The third-order valence-corrected chi connectivity index (χ3v) is 6.14. The van der Waals surface area contributed by atoms with Gasteiger partial charge in [0.05, 0.1) is 11.4 Å². The number of amides is 1. The van der Waals surface area contributed by atoms with E-state index >= 15 is 0 Å². The van der Waals surface area contributed by atoms with Gasteiger partial charge < -0.3 is 29.4 Å². The summed E-state index contributed by atoms with van der Waals surface area (Å²) >= 11 is 0. The zero-order valence-electron chi connectivity index (χ0n) is 18.9. The standard InChI is InChI=1S/C24H23F4N3O5/c25-15-11-16(26)21(28)22(20(15)27)35-12-18(33)17(7-10-32)29-24(34)13-5-8-31(9-6-13)23-14-3-1-2-4-19(14)36-30-23/h1-4,10-11,13,17-18,33H,5-9,12H2,(H,29,34). The van der Waals surface area contributed by atoms with Crippen LogP contribution in [-0.2, 0) is 9.59 Å². The molecule has 2 heterocycles. The molecule has 2 aromatic carbocycles. The van der Waals surface area contributed by atoms with Crippen LogP contribution in [0.1, 0.15) is 19.3 Å². The number of para-hydroxylation sites is 1. The van der Waals surface area contributed by atoms with Gasteiger partial charge in [0, 0.05) is 31.5 Å². The molecule has 1 aromatic heterocycles. The molecular formula is C24H23F4N3O5. The van der Waals surface area contributed by atoms with Crippen LogP contribution in [0.5, 0.6) is 5.75 Å². The molecule has 12 heteroatoms. The second-order valence-electron chi connectivity index (χ2n) is 8.46. The minimum absolute atomic E-state index is 0.0276. The number of aliphatic hydroxyl groups is 1. The molecule has 1 fully saturated rings. The van der Waals surface area contributed by atoms with Crippen LogP contribution in [0.15, 0.2) is 34.9 Å². The summed E-state index contributed by atoms with van der Waals surface area (Å²) in [7, 11) is 0. The molecule has 3 aromatic rings. The molecule has 0 spiro atoms. The molecule has 0 aliphatic carbocycles. The number of piperidine rings is 1. The summed E-state index contributed by atoms with van der Waals surface area (Å²) in [5.41, 5.74) is 0.654. The topological polar surface area (TPSA) is 105 Å². The second-order valence-corrected chi connectivity index (χ2v) is 8.46. The van der Waals surface area contributed by atoms with Gasteiger partial charge in [-0.1, -0.05) is 17.3 Å². The lowest BCUT2D eigenvalue weighted by atomic mass is 9.94. The maximum Gasteiger partial charge on any atom is 0.223 e. The van der Waals surface area contributed by atoms with Crippen molar-refractivity contribution in [2.75, 3.05) is 24.6 Å². The minimum Gasteiger partial charge on any atom is -0.485 e. The Morgan fingerprint density at radius 3 is 2.53 bits per heavy atom. The molecule has 2 N–H and O–H groups in total. The SMILES string of the molecule is O=CCC(NC(=O)C1CCN(c2noc3ccccc23)CC1)C(O)COc1c(F)c(F)cc(F)c1F. The first kappa shape index (κ1) is 25.4. The fourth-order valence-corrected chi connectivity index (χ4v) is 4.13. The summed E-state index contributed by atoms with van der Waals surface area (Å²) in [6.07, 6.45) is -0.526. The Kier molecular flexibility index (Phi) is 7.73. The van der Waals surface area contributed by atoms with Gasteiger partial charge in [-0.05, 0) is 25.0 Å². The Hall–Kier alpha value is -3.67. The lowest BCUT2D eigenvalue weighted by Gasteiger charge is -2.32. The zero-order valence-corrected chi connectivity index (χ0v) is 18.9. The number of aldehydes is 1. The Morgan fingerprint density at radius 1 is 1.19 bits per heavy atom. The van der Waals surface area contributed by atoms with Crippen molar-refractivity contribution in [3.05, 3.63) is 53.6 Å². The molecule has 1 aliphatic heterocycles. The predicted molar refractivity (Wildman–Crippen MR) is 119 cm³/mol. The Balaban J connectivity index is 1.34. The van der Waals surface area contributed by atoms with Crippen molar-refractivity contribution in [3.63, 3.8) is 0 Å². The van der Waals surface area contributed by atoms with E-state index in [0.29, 0.717) is 43.6 Å². The van der Waals surface area contributed by atoms with Gasteiger partial charge in [-0.3, -0.25) is 4.79 Å². The number of nitrogens with one attached hydrogen (secondary N) is 1. The maximum absolute atomic E-state index is 13.8. The number of rotatable bonds is 9. The third-order valence-electron chi connectivity index (χ3n) is 6.14. The molecule has 4 rings (SSSR count). The van der Waals surface area contributed by atoms with Crippen molar-refractivity contribution in [1.82, 2.24) is 10.5 Å². The van der Waals surface area contributed by atoms with Crippen LogP contribution in [0.25, 0.3) is 11.0 Å². The van der Waals surface area contributed by atoms with Crippen molar-refractivity contribution in [3.8, 4) is 5.75 Å². The fraction of sp³-hybridized carbons (Fsp3) is 0.375. The summed E-state index contributed by atoms with van der Waals surface area (Å²) < 4.78 is 64.4. The second kappa shape index (κ2) is 10.9. The van der Waals surface area contributed by atoms with E-state index in [1.54, 1.807) is 0 Å². The summed E-state index contributed by atoms with van der Waals surface area (Å²) in [6, 6.07) is 6.30. The molecule has 1 saturated heterocycles. The normalized spacial score (nSPS) is 16.1. The summed E-state index contributed by atoms with van der Waals surface area (Å²) in [5.74, 6) is -8.34. The van der Waals surface area contributed by atoms with E-state index in [1.165, 1.54) is 0 Å². The largest absolute Gasteiger partial charge is 0.485 e. The molecular weight excluding hydrogens is 486 g/mol. The van der Waals surface area contributed by atoms with Gasteiger partial charge in [0.1, 0.15) is 19.0 Å². The monoisotopic (exact) mass is 509 g/mol. The van der Waals surface area contributed by atoms with Crippen molar-refractivity contribution < 1.29 is 41.5 Å². The van der Waals surface area contributed by atoms with Gasteiger partial charge in [-0.2, -0.15) is 8.78 Å². The van der Waals surface area contributed by atoms with Crippen molar-refractivity contribution >= 4 is 29.0 Å². The molecule has 0 radical (unpaired) electrons. The number of fused-ring (bicyclic) bond motifs is 1. The summed E-state index contributed by atoms with van der Waals surface area (Å²) in [4.78, 5) is 25.9. The highest BCUT2D eigenvalue weighted by Gasteiger charge is 2.31. The van der Waals surface area contributed by atoms with E-state index in [2.05, 4.69) is 10.5 Å². The number of ether oxygens (including phenoxy) is 1. The Labute approximate surface area is 202 Å². The Bertz CT molecular complexity index is 1220. The molecule has 1 amide bonds. The number of anilines is 1. The third kappa shape index (κ3) is 5.27. The van der Waals surface area contributed by atoms with Gasteiger partial charge in [0.2, 0.25) is 17.5 Å². The number of hydrogen-bond acceptors (Lipinski definition) is 7. The van der Waals surface area contributed by atoms with E-state index in [-0.39, 0.29) is 12.5 Å². The number of aliphatic hydroxyl groups excluding tert-OH is 1. The minimum atomic E-state index is -1.76. The van der Waals surface area contributed by atoms with Crippen LogP contribution in [-0.4, -0.2) is 54.3 Å². The lowest BCUT2D eigenvalue weighted by molar-refractivity contribution is -0.127. The zero-order chi connectivity index (χ0) is 25.8. The van der Waals surface area contributed by atoms with E-state index < -0.39 is 59.6 Å². The highest BCUT2D eigenvalue weighted by molar-refractivity contribution is 5.88. The number of benzene rings is 2. The Morgan fingerprint density at radius 2 is 1.86 bits per heavy atom. The van der Waals surface area contributed by atoms with Crippen molar-refractivity contribution in [1.29, 1.82) is 0 Å². The van der Waals surface area contributed by atoms with Gasteiger partial charge in [-0.15, -0.1) is 0 Å². The number of aromatic nitrogens is 1. The van der Waals surface area contributed by atoms with E-state index in [9.17, 15) is 32.3 Å². The average Bonchev–Trinajstić information content (AvgIpc) is 3.31. The van der Waals surface area contributed by atoms with Crippen LogP contribution in [0.3, 0.4) is 0 Å². The van der Waals surface area contributed by atoms with E-state index in [1.807, 2.05) is 29.2 Å². The molecule has 192 valence electrons. The van der Waals surface area contributed by atoms with Gasteiger partial charge >= 0.3 is 0 Å². The van der Waals surface area contributed by atoms with Crippen LogP contribution < -0.4 is 15.0 Å². The number of halogens is 4. The number of nitrogens with zero attached hydrogens (tertiary/aromatic N) is 2. The number of hydrogen-bond donors (Lipinski definition) is 2. The maximum atomic E-state index is 13.8. The molecule has 1 aliphatic rings. The van der Waals surface area contributed by atoms with Crippen LogP contribution >= 0.6 is 0 Å². The molecule has 8 nitrogen and oxygen atoms in total. The van der Waals surface area contributed by atoms with E-state index in [0.717, 1.165) is 5.39 Å². The molecule has 2 unspecified atom stereocenters. The molecule has 36 heavy (non-hydrogen) atoms. The fourth-order valence-electron chi connectivity index (χ4n) is 4.13. The quantitative estimate of drug-likeness (QED) is 0.260. The summed E-state index contributed by atoms with van der Waals surface area (Å²) in [6.45, 7) is 0.206.